The minimum atomic E-state index is -0.636. The van der Waals surface area contributed by atoms with E-state index < -0.39 is 23.7 Å². The first-order valence-corrected chi connectivity index (χ1v) is 8.38. The molecule has 2 heterocycles. The molecule has 3 amide bonds. The Balaban J connectivity index is 1.90. The molecule has 24 heavy (non-hydrogen) atoms. The van der Waals surface area contributed by atoms with Gasteiger partial charge in [0, 0.05) is 31.8 Å². The number of imide groups is 1. The van der Waals surface area contributed by atoms with Crippen LogP contribution in [0.4, 0.5) is 0 Å². The maximum absolute atomic E-state index is 12.4. The van der Waals surface area contributed by atoms with Gasteiger partial charge in [0.2, 0.25) is 5.91 Å². The third-order valence-corrected chi connectivity index (χ3v) is 4.40. The summed E-state index contributed by atoms with van der Waals surface area (Å²) in [6, 6.07) is 0. The number of hydrogen-bond donors (Lipinski definition) is 0. The van der Waals surface area contributed by atoms with Gasteiger partial charge >= 0.3 is 5.97 Å². The molecule has 0 aromatic rings. The van der Waals surface area contributed by atoms with E-state index in [-0.39, 0.29) is 24.7 Å². The molecule has 0 saturated carbocycles. The summed E-state index contributed by atoms with van der Waals surface area (Å²) >= 11 is 0. The molecule has 134 valence electrons. The third-order valence-electron chi connectivity index (χ3n) is 4.40. The van der Waals surface area contributed by atoms with Crippen molar-refractivity contribution in [2.45, 2.75) is 39.5 Å². The third kappa shape index (κ3) is 4.31. The van der Waals surface area contributed by atoms with Crippen LogP contribution in [0.3, 0.4) is 0 Å². The first-order valence-electron chi connectivity index (χ1n) is 8.38. The Hall–Kier alpha value is -1.96. The lowest BCUT2D eigenvalue weighted by Gasteiger charge is -2.30. The second-order valence-electron chi connectivity index (χ2n) is 6.17. The number of rotatable bonds is 6. The minimum Gasteiger partial charge on any atom is -0.378 e. The van der Waals surface area contributed by atoms with Crippen molar-refractivity contribution in [3.8, 4) is 0 Å². The van der Waals surface area contributed by atoms with Gasteiger partial charge in [0.25, 0.3) is 11.8 Å². The number of ether oxygens (including phenoxy) is 1. The summed E-state index contributed by atoms with van der Waals surface area (Å²) in [5.41, 5.74) is 0. The van der Waals surface area contributed by atoms with Gasteiger partial charge in [0.15, 0.2) is 0 Å². The summed E-state index contributed by atoms with van der Waals surface area (Å²) in [5, 5.41) is 0.555. The predicted octanol–water partition coefficient (Wildman–Crippen LogP) is 0.505. The van der Waals surface area contributed by atoms with E-state index in [2.05, 4.69) is 0 Å². The Kier molecular flexibility index (Phi) is 6.30. The van der Waals surface area contributed by atoms with Gasteiger partial charge in [-0.1, -0.05) is 13.8 Å². The molecule has 2 saturated heterocycles. The molecule has 0 aliphatic carbocycles. The summed E-state index contributed by atoms with van der Waals surface area (Å²) in [6.07, 6.45) is 0.918. The SMILES string of the molecule is CCC(CC(C)C(=O)N1CCOCC1)C(=O)ON1C(=O)CCC1=O. The van der Waals surface area contributed by atoms with Crippen LogP contribution < -0.4 is 0 Å². The fourth-order valence-corrected chi connectivity index (χ4v) is 2.87. The Bertz CT molecular complexity index is 499. The number of nitrogens with zero attached hydrogens (tertiary/aromatic N) is 2. The highest BCUT2D eigenvalue weighted by atomic mass is 16.7. The molecule has 0 radical (unpaired) electrons. The first kappa shape index (κ1) is 18.4. The van der Waals surface area contributed by atoms with Crippen LogP contribution in [-0.4, -0.2) is 60.0 Å². The van der Waals surface area contributed by atoms with Gasteiger partial charge in [-0.05, 0) is 12.8 Å². The summed E-state index contributed by atoms with van der Waals surface area (Å²) in [4.78, 5) is 54.4. The Morgan fingerprint density at radius 1 is 1.17 bits per heavy atom. The average Bonchev–Trinajstić information content (AvgIpc) is 2.91. The number of hydrogen-bond acceptors (Lipinski definition) is 6. The van der Waals surface area contributed by atoms with E-state index in [1.807, 2.05) is 6.92 Å². The molecule has 2 atom stereocenters. The van der Waals surface area contributed by atoms with Crippen molar-refractivity contribution in [2.75, 3.05) is 26.3 Å². The zero-order valence-electron chi connectivity index (χ0n) is 14.2. The van der Waals surface area contributed by atoms with Crippen LogP contribution in [0.2, 0.25) is 0 Å². The van der Waals surface area contributed by atoms with Gasteiger partial charge in [-0.25, -0.2) is 4.79 Å². The number of hydroxylamine groups is 2. The lowest BCUT2D eigenvalue weighted by molar-refractivity contribution is -0.201. The minimum absolute atomic E-state index is 0.0159. The first-order chi connectivity index (χ1) is 11.4. The van der Waals surface area contributed by atoms with E-state index in [0.29, 0.717) is 44.2 Å². The van der Waals surface area contributed by atoms with Crippen molar-refractivity contribution in [3.63, 3.8) is 0 Å². The molecular weight excluding hydrogens is 316 g/mol. The van der Waals surface area contributed by atoms with E-state index in [1.54, 1.807) is 11.8 Å². The van der Waals surface area contributed by atoms with Crippen LogP contribution >= 0.6 is 0 Å². The standard InChI is InChI=1S/C16H24N2O6/c1-3-12(16(22)24-18-13(19)4-5-14(18)20)10-11(2)15(21)17-6-8-23-9-7-17/h11-12H,3-10H2,1-2H3. The van der Waals surface area contributed by atoms with Gasteiger partial charge < -0.3 is 14.5 Å². The summed E-state index contributed by atoms with van der Waals surface area (Å²) < 4.78 is 5.23. The largest absolute Gasteiger partial charge is 0.378 e. The van der Waals surface area contributed by atoms with Crippen LogP contribution in [0.1, 0.15) is 39.5 Å². The lowest BCUT2D eigenvalue weighted by atomic mass is 9.92. The molecule has 2 aliphatic heterocycles. The molecule has 8 nitrogen and oxygen atoms in total. The molecule has 0 bridgehead atoms. The summed E-state index contributed by atoms with van der Waals surface area (Å²) in [6.45, 7) is 5.75. The molecule has 2 rings (SSSR count). The monoisotopic (exact) mass is 340 g/mol. The van der Waals surface area contributed by atoms with Gasteiger partial charge in [-0.3, -0.25) is 14.4 Å². The van der Waals surface area contributed by atoms with Crippen molar-refractivity contribution in [1.29, 1.82) is 0 Å². The van der Waals surface area contributed by atoms with Crippen LogP contribution in [0, 0.1) is 11.8 Å². The zero-order chi connectivity index (χ0) is 17.7. The van der Waals surface area contributed by atoms with Crippen LogP contribution in [0.5, 0.6) is 0 Å². The molecular formula is C16H24N2O6. The van der Waals surface area contributed by atoms with Gasteiger partial charge in [0.1, 0.15) is 0 Å². The molecule has 8 heteroatoms. The van der Waals surface area contributed by atoms with Crippen molar-refractivity contribution >= 4 is 23.7 Å². The van der Waals surface area contributed by atoms with Crippen molar-refractivity contribution in [3.05, 3.63) is 0 Å². The van der Waals surface area contributed by atoms with E-state index in [9.17, 15) is 19.2 Å². The van der Waals surface area contributed by atoms with Gasteiger partial charge in [-0.15, -0.1) is 5.06 Å². The topological polar surface area (TPSA) is 93.2 Å². The predicted molar refractivity (Wildman–Crippen MR) is 82.1 cm³/mol. The fourth-order valence-electron chi connectivity index (χ4n) is 2.87. The van der Waals surface area contributed by atoms with Gasteiger partial charge in [-0.2, -0.15) is 0 Å². The Morgan fingerprint density at radius 2 is 1.75 bits per heavy atom. The number of amides is 3. The molecule has 0 N–H and O–H groups in total. The van der Waals surface area contributed by atoms with Crippen LogP contribution in [-0.2, 0) is 28.8 Å². The molecule has 2 aliphatic rings. The lowest BCUT2D eigenvalue weighted by Crippen LogP contribution is -2.44. The number of carbonyl (C=O) groups excluding carboxylic acids is 4. The molecule has 2 fully saturated rings. The maximum Gasteiger partial charge on any atom is 0.336 e. The average molecular weight is 340 g/mol. The smallest absolute Gasteiger partial charge is 0.336 e. The van der Waals surface area contributed by atoms with E-state index in [1.165, 1.54) is 0 Å². The molecule has 0 aromatic carbocycles. The Labute approximate surface area is 141 Å². The summed E-state index contributed by atoms with van der Waals surface area (Å²) in [5.74, 6) is -2.53. The van der Waals surface area contributed by atoms with Crippen molar-refractivity contribution < 1.29 is 28.8 Å². The van der Waals surface area contributed by atoms with Crippen molar-refractivity contribution in [2.24, 2.45) is 11.8 Å². The summed E-state index contributed by atoms with van der Waals surface area (Å²) in [7, 11) is 0. The fraction of sp³-hybridized carbons (Fsp3) is 0.750. The number of morpholine rings is 1. The normalized spacial score (nSPS) is 20.9. The van der Waals surface area contributed by atoms with E-state index in [0.717, 1.165) is 0 Å². The Morgan fingerprint density at radius 3 is 2.29 bits per heavy atom. The quantitative estimate of drug-likeness (QED) is 0.654. The maximum atomic E-state index is 12.4. The molecule has 2 unspecified atom stereocenters. The van der Waals surface area contributed by atoms with Crippen molar-refractivity contribution in [1.82, 2.24) is 9.96 Å². The van der Waals surface area contributed by atoms with Crippen LogP contribution in [0.25, 0.3) is 0 Å². The van der Waals surface area contributed by atoms with E-state index >= 15 is 0 Å². The highest BCUT2D eigenvalue weighted by Gasteiger charge is 2.35. The number of carbonyl (C=O) groups is 4. The highest BCUT2D eigenvalue weighted by Crippen LogP contribution is 2.22. The zero-order valence-corrected chi connectivity index (χ0v) is 14.2. The second-order valence-corrected chi connectivity index (χ2v) is 6.17. The molecule has 0 spiro atoms. The second kappa shape index (κ2) is 8.23. The van der Waals surface area contributed by atoms with Crippen LogP contribution in [0.15, 0.2) is 0 Å². The molecule has 0 aromatic heterocycles. The highest BCUT2D eigenvalue weighted by molar-refractivity contribution is 6.01. The van der Waals surface area contributed by atoms with Gasteiger partial charge in [0.05, 0.1) is 19.1 Å². The van der Waals surface area contributed by atoms with E-state index in [4.69, 9.17) is 9.57 Å².